The number of aromatic nitrogens is 5. The molecule has 190 valence electrons. The van der Waals surface area contributed by atoms with Gasteiger partial charge in [0.25, 0.3) is 0 Å². The number of benzene rings is 1. The first-order chi connectivity index (χ1) is 17.3. The maximum atomic E-state index is 5.91. The molecule has 1 saturated heterocycles. The Morgan fingerprint density at radius 2 is 1.89 bits per heavy atom. The van der Waals surface area contributed by atoms with E-state index in [1.165, 1.54) is 5.56 Å². The molecule has 0 amide bonds. The third kappa shape index (κ3) is 6.36. The lowest BCUT2D eigenvalue weighted by Crippen LogP contribution is -2.39. The van der Waals surface area contributed by atoms with Gasteiger partial charge in [-0.3, -0.25) is 15.0 Å². The fraction of sp³-hybridized carbons (Fsp3) is 0.385. The summed E-state index contributed by atoms with van der Waals surface area (Å²) >= 11 is 0. The number of nitrogens with two attached hydrogens (primary N) is 1. The van der Waals surface area contributed by atoms with Crippen molar-refractivity contribution in [3.8, 4) is 11.4 Å². The van der Waals surface area contributed by atoms with Crippen LogP contribution in [0.1, 0.15) is 23.6 Å². The van der Waals surface area contributed by atoms with Gasteiger partial charge >= 0.3 is 0 Å². The summed E-state index contributed by atoms with van der Waals surface area (Å²) in [5.41, 5.74) is 10.5. The van der Waals surface area contributed by atoms with Gasteiger partial charge in [0.2, 0.25) is 5.95 Å². The highest BCUT2D eigenvalue weighted by Gasteiger charge is 2.16. The van der Waals surface area contributed by atoms with E-state index in [2.05, 4.69) is 60.7 Å². The van der Waals surface area contributed by atoms with Crippen molar-refractivity contribution in [3.05, 3.63) is 66.0 Å². The number of morpholine rings is 1. The number of hydrogen-bond acceptors (Lipinski definition) is 8. The summed E-state index contributed by atoms with van der Waals surface area (Å²) in [7, 11) is 0. The molecule has 0 aliphatic carbocycles. The van der Waals surface area contributed by atoms with Crippen LogP contribution in [0.5, 0.6) is 0 Å². The van der Waals surface area contributed by atoms with E-state index < -0.39 is 0 Å². The van der Waals surface area contributed by atoms with Crippen LogP contribution in [0.2, 0.25) is 0 Å². The SMILES string of the molecule is Cl.NCCC(Cc1cccc(-c2[nH]nc3nc(NCCN4CCOCC4)ncc23)n1)c1ccccc1. The third-order valence-electron chi connectivity index (χ3n) is 6.43. The van der Waals surface area contributed by atoms with Crippen molar-refractivity contribution in [2.24, 2.45) is 5.73 Å². The molecule has 4 heterocycles. The molecule has 3 aromatic heterocycles. The lowest BCUT2D eigenvalue weighted by Gasteiger charge is -2.26. The van der Waals surface area contributed by atoms with E-state index >= 15 is 0 Å². The number of nitrogens with zero attached hydrogens (tertiary/aromatic N) is 5. The van der Waals surface area contributed by atoms with E-state index in [1.807, 2.05) is 24.4 Å². The number of aromatic amines is 1. The number of ether oxygens (including phenoxy) is 1. The number of halogens is 1. The first-order valence-corrected chi connectivity index (χ1v) is 12.3. The van der Waals surface area contributed by atoms with E-state index in [0.29, 0.717) is 24.1 Å². The largest absolute Gasteiger partial charge is 0.379 e. The van der Waals surface area contributed by atoms with Gasteiger partial charge in [-0.25, -0.2) is 4.98 Å². The van der Waals surface area contributed by atoms with Crippen molar-refractivity contribution in [2.75, 3.05) is 51.3 Å². The summed E-state index contributed by atoms with van der Waals surface area (Å²) in [5.74, 6) is 0.912. The molecule has 1 aliphatic heterocycles. The summed E-state index contributed by atoms with van der Waals surface area (Å²) in [4.78, 5) is 16.4. The van der Waals surface area contributed by atoms with Crippen molar-refractivity contribution in [1.29, 1.82) is 0 Å². The molecule has 1 aliphatic rings. The summed E-state index contributed by atoms with van der Waals surface area (Å²) in [6, 6.07) is 16.6. The number of nitrogens with one attached hydrogen (secondary N) is 2. The van der Waals surface area contributed by atoms with Gasteiger partial charge in [-0.05, 0) is 43.0 Å². The van der Waals surface area contributed by atoms with Gasteiger partial charge in [-0.1, -0.05) is 36.4 Å². The van der Waals surface area contributed by atoms with Crippen LogP contribution in [0.4, 0.5) is 5.95 Å². The van der Waals surface area contributed by atoms with Crippen molar-refractivity contribution in [1.82, 2.24) is 30.0 Å². The topological polar surface area (TPSA) is 118 Å². The molecule has 1 aromatic carbocycles. The Labute approximate surface area is 217 Å². The van der Waals surface area contributed by atoms with Crippen LogP contribution in [-0.2, 0) is 11.2 Å². The van der Waals surface area contributed by atoms with Crippen molar-refractivity contribution < 1.29 is 4.74 Å². The molecule has 1 atom stereocenters. The number of hydrogen-bond donors (Lipinski definition) is 3. The molecule has 1 fully saturated rings. The van der Waals surface area contributed by atoms with Gasteiger partial charge in [-0.15, -0.1) is 12.4 Å². The average Bonchev–Trinajstić information content (AvgIpc) is 3.33. The van der Waals surface area contributed by atoms with E-state index in [4.69, 9.17) is 15.5 Å². The first kappa shape index (κ1) is 26.0. The molecular weight excluding hydrogens is 476 g/mol. The number of rotatable bonds is 10. The van der Waals surface area contributed by atoms with Crippen molar-refractivity contribution in [3.63, 3.8) is 0 Å². The summed E-state index contributed by atoms with van der Waals surface area (Å²) in [6.45, 7) is 5.88. The van der Waals surface area contributed by atoms with Gasteiger partial charge in [0.05, 0.1) is 30.0 Å². The molecule has 5 rings (SSSR count). The fourth-order valence-electron chi connectivity index (χ4n) is 4.53. The molecular formula is C26H33ClN8O. The fourth-order valence-corrected chi connectivity index (χ4v) is 4.53. The minimum absolute atomic E-state index is 0. The van der Waals surface area contributed by atoms with Gasteiger partial charge in [0.15, 0.2) is 5.65 Å². The van der Waals surface area contributed by atoms with Crippen LogP contribution in [0.25, 0.3) is 22.4 Å². The Morgan fingerprint density at radius 3 is 2.69 bits per heavy atom. The first-order valence-electron chi connectivity index (χ1n) is 12.3. The number of H-pyrrole nitrogens is 1. The minimum atomic E-state index is 0. The molecule has 0 spiro atoms. The predicted octanol–water partition coefficient (Wildman–Crippen LogP) is 3.26. The zero-order chi connectivity index (χ0) is 23.9. The van der Waals surface area contributed by atoms with Crippen LogP contribution in [0, 0.1) is 0 Å². The molecule has 9 nitrogen and oxygen atoms in total. The minimum Gasteiger partial charge on any atom is -0.379 e. The summed E-state index contributed by atoms with van der Waals surface area (Å²) < 4.78 is 5.40. The normalized spacial score (nSPS) is 14.9. The Kier molecular flexibility index (Phi) is 9.18. The second-order valence-corrected chi connectivity index (χ2v) is 8.81. The Balaban J connectivity index is 0.00000304. The van der Waals surface area contributed by atoms with Gasteiger partial charge in [0.1, 0.15) is 0 Å². The highest BCUT2D eigenvalue weighted by Crippen LogP contribution is 2.27. The molecule has 1 unspecified atom stereocenters. The predicted molar refractivity (Wildman–Crippen MR) is 144 cm³/mol. The smallest absolute Gasteiger partial charge is 0.224 e. The summed E-state index contributed by atoms with van der Waals surface area (Å²) in [5, 5.41) is 11.7. The highest BCUT2D eigenvalue weighted by molar-refractivity contribution is 5.89. The third-order valence-corrected chi connectivity index (χ3v) is 6.43. The van der Waals surface area contributed by atoms with E-state index in [1.54, 1.807) is 0 Å². The number of pyridine rings is 1. The lowest BCUT2D eigenvalue weighted by atomic mass is 9.91. The zero-order valence-corrected chi connectivity index (χ0v) is 21.1. The van der Waals surface area contributed by atoms with Crippen molar-refractivity contribution >= 4 is 29.4 Å². The van der Waals surface area contributed by atoms with Crippen LogP contribution in [-0.4, -0.2) is 76.0 Å². The lowest BCUT2D eigenvalue weighted by molar-refractivity contribution is 0.0398. The summed E-state index contributed by atoms with van der Waals surface area (Å²) in [6.07, 6.45) is 3.56. The number of anilines is 1. The van der Waals surface area contributed by atoms with Gasteiger partial charge in [-0.2, -0.15) is 10.1 Å². The van der Waals surface area contributed by atoms with Crippen molar-refractivity contribution in [2.45, 2.75) is 18.8 Å². The van der Waals surface area contributed by atoms with E-state index in [-0.39, 0.29) is 12.4 Å². The standard InChI is InChI=1S/C26H32N8O.ClH/c27-10-9-20(19-5-2-1-3-6-19)17-21-7-4-8-23(30-21)24-22-18-29-26(31-25(22)33-32-24)28-11-12-34-13-15-35-16-14-34;/h1-8,18,20H,9-17,27H2,(H2,28,29,31,32,33);1H. The Morgan fingerprint density at radius 1 is 1.06 bits per heavy atom. The molecule has 36 heavy (non-hydrogen) atoms. The Bertz CT molecular complexity index is 1230. The van der Waals surface area contributed by atoms with Crippen LogP contribution >= 0.6 is 12.4 Å². The van der Waals surface area contributed by atoms with Gasteiger partial charge < -0.3 is 15.8 Å². The molecule has 4 aromatic rings. The molecule has 10 heteroatoms. The number of fused-ring (bicyclic) bond motifs is 1. The van der Waals surface area contributed by atoms with Crippen LogP contribution < -0.4 is 11.1 Å². The van der Waals surface area contributed by atoms with Crippen LogP contribution in [0.15, 0.2) is 54.7 Å². The monoisotopic (exact) mass is 508 g/mol. The van der Waals surface area contributed by atoms with Gasteiger partial charge in [0, 0.05) is 38.1 Å². The Hall–Kier alpha value is -3.11. The maximum Gasteiger partial charge on any atom is 0.224 e. The molecule has 0 bridgehead atoms. The highest BCUT2D eigenvalue weighted by atomic mass is 35.5. The molecule has 0 radical (unpaired) electrons. The van der Waals surface area contributed by atoms with E-state index in [9.17, 15) is 0 Å². The maximum absolute atomic E-state index is 5.91. The zero-order valence-electron chi connectivity index (χ0n) is 20.3. The second kappa shape index (κ2) is 12.7. The molecule has 4 N–H and O–H groups in total. The quantitative estimate of drug-likeness (QED) is 0.299. The average molecular weight is 509 g/mol. The molecule has 0 saturated carbocycles. The van der Waals surface area contributed by atoms with Crippen LogP contribution in [0.3, 0.4) is 0 Å². The van der Waals surface area contributed by atoms with E-state index in [0.717, 1.165) is 74.7 Å². The second-order valence-electron chi connectivity index (χ2n) is 8.81.